The van der Waals surface area contributed by atoms with Crippen molar-refractivity contribution in [3.8, 4) is 5.88 Å². The summed E-state index contributed by atoms with van der Waals surface area (Å²) in [5.41, 5.74) is 1.18. The number of hydrogen-bond acceptors (Lipinski definition) is 5. The van der Waals surface area contributed by atoms with Gasteiger partial charge in [0.1, 0.15) is 5.69 Å². The zero-order valence-electron chi connectivity index (χ0n) is 12.1. The van der Waals surface area contributed by atoms with E-state index in [2.05, 4.69) is 20.6 Å². The van der Waals surface area contributed by atoms with E-state index in [0.29, 0.717) is 5.92 Å². The van der Waals surface area contributed by atoms with Gasteiger partial charge < -0.3 is 9.64 Å². The zero-order chi connectivity index (χ0) is 13.5. The first-order valence-corrected chi connectivity index (χ1v) is 8.75. The van der Waals surface area contributed by atoms with Crippen LogP contribution in [0, 0.1) is 17.8 Å². The van der Waals surface area contributed by atoms with Crippen molar-refractivity contribution in [3.05, 3.63) is 5.69 Å². The van der Waals surface area contributed by atoms with Crippen LogP contribution < -0.4 is 4.74 Å². The average molecular weight is 293 g/mol. The van der Waals surface area contributed by atoms with Crippen LogP contribution >= 0.6 is 11.7 Å². The molecule has 4 heterocycles. The second-order valence-electron chi connectivity index (χ2n) is 6.76. The first kappa shape index (κ1) is 13.0. The Morgan fingerprint density at radius 1 is 1.20 bits per heavy atom. The third-order valence-corrected chi connectivity index (χ3v) is 5.85. The molecule has 0 N–H and O–H groups in total. The van der Waals surface area contributed by atoms with Crippen LogP contribution in [-0.4, -0.2) is 39.9 Å². The largest absolute Gasteiger partial charge is 0.476 e. The third kappa shape index (κ3) is 2.15. The van der Waals surface area contributed by atoms with E-state index in [-0.39, 0.29) is 0 Å². The second-order valence-corrected chi connectivity index (χ2v) is 7.29. The molecule has 0 radical (unpaired) electrons. The number of rotatable bonds is 5. The van der Waals surface area contributed by atoms with Gasteiger partial charge in [0.25, 0.3) is 0 Å². The van der Waals surface area contributed by atoms with E-state index < -0.39 is 0 Å². The lowest BCUT2D eigenvalue weighted by molar-refractivity contribution is -0.0373. The van der Waals surface area contributed by atoms with Crippen molar-refractivity contribution in [1.29, 1.82) is 0 Å². The van der Waals surface area contributed by atoms with Crippen molar-refractivity contribution in [2.75, 3.05) is 26.2 Å². The second kappa shape index (κ2) is 5.26. The number of piperidine rings is 3. The normalized spacial score (nSPS) is 38.4. The van der Waals surface area contributed by atoms with Gasteiger partial charge in [0, 0.05) is 25.6 Å². The highest BCUT2D eigenvalue weighted by atomic mass is 32.1. The van der Waals surface area contributed by atoms with E-state index in [0.717, 1.165) is 43.1 Å². The standard InChI is InChI=1S/C15H23N3OS/c1-2-3-4-19-15-14(16-20-17-15)13-11-5-10-6-12(13)9-18(7-10)8-11/h10-13H,2-9H2,1H3. The molecule has 4 bridgehead atoms. The molecule has 2 atom stereocenters. The highest BCUT2D eigenvalue weighted by Gasteiger charge is 2.49. The molecule has 5 rings (SSSR count). The molecular formula is C15H23N3OS. The van der Waals surface area contributed by atoms with Crippen molar-refractivity contribution in [2.45, 2.75) is 38.5 Å². The maximum atomic E-state index is 5.90. The summed E-state index contributed by atoms with van der Waals surface area (Å²) in [6.07, 6.45) is 5.05. The topological polar surface area (TPSA) is 38.3 Å². The van der Waals surface area contributed by atoms with Crippen LogP contribution in [0.3, 0.4) is 0 Å². The summed E-state index contributed by atoms with van der Waals surface area (Å²) in [5, 5.41) is 0. The molecular weight excluding hydrogens is 270 g/mol. The van der Waals surface area contributed by atoms with Crippen molar-refractivity contribution >= 4 is 11.7 Å². The Hall–Kier alpha value is -0.680. The highest BCUT2D eigenvalue weighted by Crippen LogP contribution is 2.52. The number of aromatic nitrogens is 2. The van der Waals surface area contributed by atoms with Crippen LogP contribution in [-0.2, 0) is 0 Å². The van der Waals surface area contributed by atoms with Gasteiger partial charge in [-0.1, -0.05) is 13.3 Å². The fourth-order valence-electron chi connectivity index (χ4n) is 4.66. The minimum absolute atomic E-state index is 0.609. The summed E-state index contributed by atoms with van der Waals surface area (Å²) in [4.78, 5) is 2.67. The molecule has 1 aromatic rings. The van der Waals surface area contributed by atoms with E-state index in [1.54, 1.807) is 0 Å². The van der Waals surface area contributed by atoms with Gasteiger partial charge in [-0.05, 0) is 37.0 Å². The van der Waals surface area contributed by atoms with Gasteiger partial charge >= 0.3 is 0 Å². The van der Waals surface area contributed by atoms with E-state index >= 15 is 0 Å². The Morgan fingerprint density at radius 3 is 2.70 bits per heavy atom. The minimum atomic E-state index is 0.609. The van der Waals surface area contributed by atoms with Gasteiger partial charge in [0.2, 0.25) is 5.88 Å². The quantitative estimate of drug-likeness (QED) is 0.783. The number of hydrogen-bond donors (Lipinski definition) is 0. The van der Waals surface area contributed by atoms with Gasteiger partial charge in [-0.3, -0.25) is 0 Å². The summed E-state index contributed by atoms with van der Waals surface area (Å²) in [7, 11) is 0. The smallest absolute Gasteiger partial charge is 0.249 e. The number of unbranched alkanes of at least 4 members (excludes halogenated alkanes) is 1. The van der Waals surface area contributed by atoms with Crippen LogP contribution in [0.25, 0.3) is 0 Å². The van der Waals surface area contributed by atoms with Crippen LogP contribution in [0.4, 0.5) is 0 Å². The Kier molecular flexibility index (Phi) is 3.42. The fraction of sp³-hybridized carbons (Fsp3) is 0.867. The molecule has 110 valence electrons. The first-order chi connectivity index (χ1) is 9.85. The predicted molar refractivity (Wildman–Crippen MR) is 79.2 cm³/mol. The molecule has 0 aromatic carbocycles. The summed E-state index contributed by atoms with van der Waals surface area (Å²) in [5.74, 6) is 3.98. The molecule has 1 saturated carbocycles. The Morgan fingerprint density at radius 2 is 2.00 bits per heavy atom. The average Bonchev–Trinajstić information content (AvgIpc) is 2.86. The van der Waals surface area contributed by atoms with Crippen LogP contribution in [0.1, 0.15) is 44.2 Å². The van der Waals surface area contributed by atoms with Crippen molar-refractivity contribution < 1.29 is 4.74 Å². The molecule has 0 amide bonds. The van der Waals surface area contributed by atoms with Crippen LogP contribution in [0.2, 0.25) is 0 Å². The summed E-state index contributed by atoms with van der Waals surface area (Å²) >= 11 is 1.33. The Bertz CT molecular complexity index is 447. The summed E-state index contributed by atoms with van der Waals surface area (Å²) in [6, 6.07) is 0. The Balaban J connectivity index is 1.54. The SMILES string of the molecule is CCCCOc1nsnc1C1C2CC3CC1CN(C3)C2. The number of nitrogens with zero attached hydrogens (tertiary/aromatic N) is 3. The first-order valence-electron chi connectivity index (χ1n) is 8.02. The van der Waals surface area contributed by atoms with Gasteiger partial charge in [-0.25, -0.2) is 0 Å². The molecule has 0 spiro atoms. The lowest BCUT2D eigenvalue weighted by Gasteiger charge is -2.55. The lowest BCUT2D eigenvalue weighted by Crippen LogP contribution is -2.56. The molecule has 5 heteroatoms. The van der Waals surface area contributed by atoms with Crippen LogP contribution in [0.5, 0.6) is 5.88 Å². The summed E-state index contributed by atoms with van der Waals surface area (Å²) < 4.78 is 14.9. The molecule has 4 fully saturated rings. The van der Waals surface area contributed by atoms with Gasteiger partial charge in [0.15, 0.2) is 0 Å². The van der Waals surface area contributed by atoms with Gasteiger partial charge in [-0.2, -0.15) is 4.37 Å². The highest BCUT2D eigenvalue weighted by molar-refractivity contribution is 6.99. The van der Waals surface area contributed by atoms with E-state index in [4.69, 9.17) is 4.74 Å². The molecule has 3 aliphatic heterocycles. The molecule has 1 aliphatic carbocycles. The monoisotopic (exact) mass is 293 g/mol. The van der Waals surface area contributed by atoms with Crippen molar-refractivity contribution in [2.24, 2.45) is 17.8 Å². The third-order valence-electron chi connectivity index (χ3n) is 5.32. The van der Waals surface area contributed by atoms with E-state index in [1.807, 2.05) is 0 Å². The number of ether oxygens (including phenoxy) is 1. The van der Waals surface area contributed by atoms with Crippen molar-refractivity contribution in [1.82, 2.24) is 13.6 Å². The molecule has 4 nitrogen and oxygen atoms in total. The fourth-order valence-corrected chi connectivity index (χ4v) is 5.21. The zero-order valence-corrected chi connectivity index (χ0v) is 12.9. The molecule has 1 aromatic heterocycles. The predicted octanol–water partition coefficient (Wildman–Crippen LogP) is 2.77. The van der Waals surface area contributed by atoms with E-state index in [9.17, 15) is 0 Å². The van der Waals surface area contributed by atoms with Crippen LogP contribution in [0.15, 0.2) is 0 Å². The molecule has 2 unspecified atom stereocenters. The lowest BCUT2D eigenvalue weighted by atomic mass is 9.61. The molecule has 3 saturated heterocycles. The van der Waals surface area contributed by atoms with Gasteiger partial charge in [0.05, 0.1) is 18.3 Å². The minimum Gasteiger partial charge on any atom is -0.476 e. The Labute approximate surface area is 124 Å². The maximum absolute atomic E-state index is 5.90. The van der Waals surface area contributed by atoms with Crippen molar-refractivity contribution in [3.63, 3.8) is 0 Å². The molecule has 4 aliphatic rings. The van der Waals surface area contributed by atoms with Gasteiger partial charge in [-0.15, -0.1) is 4.37 Å². The van der Waals surface area contributed by atoms with E-state index in [1.165, 1.54) is 49.9 Å². The summed E-state index contributed by atoms with van der Waals surface area (Å²) in [6.45, 7) is 6.85. The molecule has 20 heavy (non-hydrogen) atoms. The maximum Gasteiger partial charge on any atom is 0.249 e.